The highest BCUT2D eigenvalue weighted by atomic mass is 16.5. The smallest absolute Gasteiger partial charge is 0.138 e. The standard InChI is InChI=1S/C16H17N3O/c1-10-8-13-6-4-5-7-15(13)18-16(10)17-9-14-11(2)19-20-12(14)3/h4-8H,9H2,1-3H3,(H,17,18). The summed E-state index contributed by atoms with van der Waals surface area (Å²) < 4.78 is 5.17. The molecule has 0 saturated carbocycles. The van der Waals surface area contributed by atoms with Crippen molar-refractivity contribution in [3.8, 4) is 0 Å². The lowest BCUT2D eigenvalue weighted by Crippen LogP contribution is -2.04. The molecule has 1 N–H and O–H groups in total. The first-order valence-corrected chi connectivity index (χ1v) is 6.67. The predicted octanol–water partition coefficient (Wildman–Crippen LogP) is 3.76. The first kappa shape index (κ1) is 12.7. The highest BCUT2D eigenvalue weighted by Gasteiger charge is 2.10. The lowest BCUT2D eigenvalue weighted by atomic mass is 10.1. The summed E-state index contributed by atoms with van der Waals surface area (Å²) in [5.74, 6) is 1.76. The van der Waals surface area contributed by atoms with Crippen LogP contribution in [0.5, 0.6) is 0 Å². The van der Waals surface area contributed by atoms with Crippen molar-refractivity contribution < 1.29 is 4.52 Å². The Morgan fingerprint density at radius 1 is 1.15 bits per heavy atom. The van der Waals surface area contributed by atoms with Gasteiger partial charge in [-0.25, -0.2) is 4.98 Å². The lowest BCUT2D eigenvalue weighted by Gasteiger charge is -2.10. The van der Waals surface area contributed by atoms with Crippen LogP contribution in [0.2, 0.25) is 0 Å². The Labute approximate surface area is 117 Å². The third-order valence-corrected chi connectivity index (χ3v) is 3.53. The van der Waals surface area contributed by atoms with Crippen LogP contribution in [0.4, 0.5) is 5.82 Å². The second-order valence-electron chi connectivity index (χ2n) is 5.00. The highest BCUT2D eigenvalue weighted by Crippen LogP contribution is 2.21. The number of aromatic nitrogens is 2. The third-order valence-electron chi connectivity index (χ3n) is 3.53. The van der Waals surface area contributed by atoms with Gasteiger partial charge in [0.25, 0.3) is 0 Å². The summed E-state index contributed by atoms with van der Waals surface area (Å²) in [6.45, 7) is 6.62. The largest absolute Gasteiger partial charge is 0.366 e. The normalized spacial score (nSPS) is 10.9. The van der Waals surface area contributed by atoms with Crippen LogP contribution >= 0.6 is 0 Å². The van der Waals surface area contributed by atoms with Crippen molar-refractivity contribution in [2.24, 2.45) is 0 Å². The summed E-state index contributed by atoms with van der Waals surface area (Å²) >= 11 is 0. The lowest BCUT2D eigenvalue weighted by molar-refractivity contribution is 0.392. The number of hydrogen-bond acceptors (Lipinski definition) is 4. The fraction of sp³-hybridized carbons (Fsp3) is 0.250. The zero-order chi connectivity index (χ0) is 14.1. The monoisotopic (exact) mass is 267 g/mol. The number of pyridine rings is 1. The van der Waals surface area contributed by atoms with E-state index in [1.54, 1.807) is 0 Å². The number of rotatable bonds is 3. The van der Waals surface area contributed by atoms with Gasteiger partial charge in [0.05, 0.1) is 11.2 Å². The van der Waals surface area contributed by atoms with Gasteiger partial charge < -0.3 is 9.84 Å². The van der Waals surface area contributed by atoms with Crippen molar-refractivity contribution in [1.29, 1.82) is 0 Å². The van der Waals surface area contributed by atoms with Crippen LogP contribution in [0.3, 0.4) is 0 Å². The maximum atomic E-state index is 5.17. The van der Waals surface area contributed by atoms with Crippen molar-refractivity contribution in [2.45, 2.75) is 27.3 Å². The van der Waals surface area contributed by atoms with Crippen LogP contribution in [0.25, 0.3) is 10.9 Å². The molecule has 20 heavy (non-hydrogen) atoms. The minimum absolute atomic E-state index is 0.674. The van der Waals surface area contributed by atoms with Crippen molar-refractivity contribution in [3.05, 3.63) is 52.9 Å². The topological polar surface area (TPSA) is 51.0 Å². The Kier molecular flexibility index (Phi) is 3.14. The molecule has 3 rings (SSSR count). The van der Waals surface area contributed by atoms with Gasteiger partial charge in [-0.2, -0.15) is 0 Å². The molecular weight excluding hydrogens is 250 g/mol. The van der Waals surface area contributed by atoms with Crippen molar-refractivity contribution >= 4 is 16.7 Å². The van der Waals surface area contributed by atoms with Crippen LogP contribution in [0, 0.1) is 20.8 Å². The van der Waals surface area contributed by atoms with E-state index < -0.39 is 0 Å². The van der Waals surface area contributed by atoms with E-state index in [0.717, 1.165) is 39.3 Å². The number of hydrogen-bond donors (Lipinski definition) is 1. The molecule has 2 aromatic heterocycles. The summed E-state index contributed by atoms with van der Waals surface area (Å²) in [4.78, 5) is 4.67. The van der Waals surface area contributed by atoms with E-state index in [9.17, 15) is 0 Å². The van der Waals surface area contributed by atoms with E-state index in [2.05, 4.69) is 34.5 Å². The molecule has 3 aromatic rings. The summed E-state index contributed by atoms with van der Waals surface area (Å²) in [7, 11) is 0. The number of nitrogens with zero attached hydrogens (tertiary/aromatic N) is 2. The van der Waals surface area contributed by atoms with Gasteiger partial charge in [-0.15, -0.1) is 0 Å². The molecule has 102 valence electrons. The Morgan fingerprint density at radius 2 is 1.95 bits per heavy atom. The number of aryl methyl sites for hydroxylation is 3. The van der Waals surface area contributed by atoms with E-state index in [-0.39, 0.29) is 0 Å². The van der Waals surface area contributed by atoms with E-state index in [4.69, 9.17) is 4.52 Å². The molecule has 1 aromatic carbocycles. The molecule has 2 heterocycles. The third kappa shape index (κ3) is 2.25. The molecule has 4 heteroatoms. The van der Waals surface area contributed by atoms with Crippen molar-refractivity contribution in [3.63, 3.8) is 0 Å². The minimum atomic E-state index is 0.674. The Bertz CT molecular complexity index is 742. The van der Waals surface area contributed by atoms with Crippen molar-refractivity contribution in [1.82, 2.24) is 10.1 Å². The second-order valence-corrected chi connectivity index (χ2v) is 5.00. The van der Waals surface area contributed by atoms with Gasteiger partial charge in [-0.3, -0.25) is 0 Å². The molecule has 4 nitrogen and oxygen atoms in total. The van der Waals surface area contributed by atoms with Gasteiger partial charge in [0.1, 0.15) is 11.6 Å². The van der Waals surface area contributed by atoms with Gasteiger partial charge in [0.2, 0.25) is 0 Å². The fourth-order valence-corrected chi connectivity index (χ4v) is 2.33. The van der Waals surface area contributed by atoms with Crippen LogP contribution < -0.4 is 5.32 Å². The average molecular weight is 267 g/mol. The summed E-state index contributed by atoms with van der Waals surface area (Å²) in [5.41, 5.74) is 4.16. The van der Waals surface area contributed by atoms with Crippen LogP contribution in [0.15, 0.2) is 34.9 Å². The van der Waals surface area contributed by atoms with Gasteiger partial charge >= 0.3 is 0 Å². The Morgan fingerprint density at radius 3 is 2.70 bits per heavy atom. The molecular formula is C16H17N3O. The molecule has 0 aliphatic heterocycles. The fourth-order valence-electron chi connectivity index (χ4n) is 2.33. The number of fused-ring (bicyclic) bond motifs is 1. The molecule has 0 radical (unpaired) electrons. The van der Waals surface area contributed by atoms with Gasteiger partial charge in [-0.1, -0.05) is 23.4 Å². The predicted molar refractivity (Wildman–Crippen MR) is 79.8 cm³/mol. The number of para-hydroxylation sites is 1. The molecule has 0 amide bonds. The second kappa shape index (κ2) is 4.96. The number of nitrogens with one attached hydrogen (secondary N) is 1. The van der Waals surface area contributed by atoms with Crippen molar-refractivity contribution in [2.75, 3.05) is 5.32 Å². The summed E-state index contributed by atoms with van der Waals surface area (Å²) in [6.07, 6.45) is 0. The zero-order valence-corrected chi connectivity index (χ0v) is 11.9. The number of benzene rings is 1. The molecule has 0 saturated heterocycles. The van der Waals surface area contributed by atoms with Crippen LogP contribution in [-0.2, 0) is 6.54 Å². The molecule has 0 unspecified atom stereocenters. The Hall–Kier alpha value is -2.36. The molecule has 0 spiro atoms. The first-order valence-electron chi connectivity index (χ1n) is 6.67. The maximum Gasteiger partial charge on any atom is 0.138 e. The van der Waals surface area contributed by atoms with E-state index in [1.807, 2.05) is 32.0 Å². The molecule has 0 fully saturated rings. The quantitative estimate of drug-likeness (QED) is 0.785. The average Bonchev–Trinajstić information content (AvgIpc) is 2.76. The molecule has 0 atom stereocenters. The molecule has 0 bridgehead atoms. The molecule has 0 aliphatic rings. The first-order chi connectivity index (χ1) is 9.65. The zero-order valence-electron chi connectivity index (χ0n) is 11.9. The minimum Gasteiger partial charge on any atom is -0.366 e. The van der Waals surface area contributed by atoms with Gasteiger partial charge in [-0.05, 0) is 38.5 Å². The van der Waals surface area contributed by atoms with Gasteiger partial charge in [0.15, 0.2) is 0 Å². The summed E-state index contributed by atoms with van der Waals surface area (Å²) in [5, 5.41) is 8.50. The Balaban J connectivity index is 1.89. The maximum absolute atomic E-state index is 5.17. The van der Waals surface area contributed by atoms with E-state index in [1.165, 1.54) is 0 Å². The molecule has 0 aliphatic carbocycles. The van der Waals surface area contributed by atoms with Gasteiger partial charge in [0, 0.05) is 17.5 Å². The van der Waals surface area contributed by atoms with Crippen LogP contribution in [-0.4, -0.2) is 10.1 Å². The highest BCUT2D eigenvalue weighted by molar-refractivity contribution is 5.81. The van der Waals surface area contributed by atoms with E-state index >= 15 is 0 Å². The van der Waals surface area contributed by atoms with E-state index in [0.29, 0.717) is 6.54 Å². The summed E-state index contributed by atoms with van der Waals surface area (Å²) in [6, 6.07) is 10.3. The number of anilines is 1. The van der Waals surface area contributed by atoms with Crippen LogP contribution in [0.1, 0.15) is 22.6 Å². The SMILES string of the molecule is Cc1cc2ccccc2nc1NCc1c(C)noc1C.